The second-order valence-electron chi connectivity index (χ2n) is 6.31. The summed E-state index contributed by atoms with van der Waals surface area (Å²) in [5.41, 5.74) is 10.1. The maximum atomic E-state index is 5.70. The largest absolute Gasteiger partial charge is 0.368 e. The lowest BCUT2D eigenvalue weighted by molar-refractivity contribution is 0.700. The van der Waals surface area contributed by atoms with Crippen LogP contribution in [0.5, 0.6) is 0 Å². The van der Waals surface area contributed by atoms with Gasteiger partial charge >= 0.3 is 0 Å². The fourth-order valence-corrected chi connectivity index (χ4v) is 4.73. The molecule has 0 amide bonds. The molecule has 24 heavy (non-hydrogen) atoms. The summed E-state index contributed by atoms with van der Waals surface area (Å²) in [7, 11) is 0. The van der Waals surface area contributed by atoms with Gasteiger partial charge in [-0.3, -0.25) is 5.10 Å². The van der Waals surface area contributed by atoms with Gasteiger partial charge in [-0.15, -0.1) is 11.3 Å². The monoisotopic (exact) mass is 342 g/mol. The van der Waals surface area contributed by atoms with Crippen LogP contribution in [0.1, 0.15) is 34.7 Å². The highest BCUT2D eigenvalue weighted by Gasteiger charge is 2.22. The summed E-state index contributed by atoms with van der Waals surface area (Å²) < 4.78 is 0. The predicted octanol–water partition coefficient (Wildman–Crippen LogP) is 2.95. The second-order valence-corrected chi connectivity index (χ2v) is 7.39. The number of anilines is 1. The van der Waals surface area contributed by atoms with E-state index >= 15 is 0 Å². The Kier molecular flexibility index (Phi) is 3.97. The van der Waals surface area contributed by atoms with E-state index in [2.05, 4.69) is 15.5 Å². The van der Waals surface area contributed by atoms with Gasteiger partial charge in [0.2, 0.25) is 0 Å². The topological polar surface area (TPSA) is 92.5 Å². The van der Waals surface area contributed by atoms with E-state index in [9.17, 15) is 0 Å². The lowest BCUT2D eigenvalue weighted by Gasteiger charge is -2.13. The van der Waals surface area contributed by atoms with Crippen LogP contribution in [0.3, 0.4) is 0 Å². The quantitative estimate of drug-likeness (QED) is 0.678. The summed E-state index contributed by atoms with van der Waals surface area (Å²) in [5, 5.41) is 11.9. The number of nitrogens with zero attached hydrogens (tertiary/aromatic N) is 3. The lowest BCUT2D eigenvalue weighted by atomic mass is 9.97. The van der Waals surface area contributed by atoms with Gasteiger partial charge in [-0.2, -0.15) is 5.10 Å². The number of fused-ring (bicyclic) bond motifs is 3. The molecule has 0 saturated heterocycles. The fraction of sp³-hybridized carbons (Fsp3) is 0.471. The molecule has 4 N–H and O–H groups in total. The van der Waals surface area contributed by atoms with Crippen LogP contribution < -0.4 is 11.1 Å². The SMILES string of the molecule is Cc1n[nH]c(C)c1-c1nc(NCCN)c2c3c(sc2n1)CCCC3. The van der Waals surface area contributed by atoms with Gasteiger partial charge in [0.1, 0.15) is 10.6 Å². The van der Waals surface area contributed by atoms with Crippen LogP contribution >= 0.6 is 11.3 Å². The van der Waals surface area contributed by atoms with Gasteiger partial charge < -0.3 is 11.1 Å². The van der Waals surface area contributed by atoms with Gasteiger partial charge in [-0.05, 0) is 45.1 Å². The van der Waals surface area contributed by atoms with E-state index in [1.807, 2.05) is 25.2 Å². The van der Waals surface area contributed by atoms with E-state index in [1.165, 1.54) is 28.7 Å². The van der Waals surface area contributed by atoms with Crippen molar-refractivity contribution in [2.24, 2.45) is 5.73 Å². The number of aryl methyl sites for hydroxylation is 4. The van der Waals surface area contributed by atoms with Crippen LogP contribution in [-0.4, -0.2) is 33.3 Å². The van der Waals surface area contributed by atoms with Crippen molar-refractivity contribution in [2.75, 3.05) is 18.4 Å². The molecule has 1 aliphatic rings. The Morgan fingerprint density at radius 2 is 2.04 bits per heavy atom. The first-order chi connectivity index (χ1) is 11.7. The molecule has 3 aromatic rings. The first-order valence-electron chi connectivity index (χ1n) is 8.47. The van der Waals surface area contributed by atoms with E-state index in [4.69, 9.17) is 15.7 Å². The number of nitrogens with two attached hydrogens (primary N) is 1. The Bertz CT molecular complexity index is 875. The summed E-state index contributed by atoms with van der Waals surface area (Å²) in [6.45, 7) is 5.28. The fourth-order valence-electron chi connectivity index (χ4n) is 3.47. The first kappa shape index (κ1) is 15.5. The van der Waals surface area contributed by atoms with Gasteiger partial charge in [0.05, 0.1) is 16.6 Å². The molecule has 3 heterocycles. The maximum Gasteiger partial charge on any atom is 0.166 e. The average molecular weight is 342 g/mol. The van der Waals surface area contributed by atoms with Crippen LogP contribution in [0.2, 0.25) is 0 Å². The molecule has 0 fully saturated rings. The maximum absolute atomic E-state index is 5.70. The molecule has 3 aromatic heterocycles. The van der Waals surface area contributed by atoms with Crippen molar-refractivity contribution in [1.82, 2.24) is 20.2 Å². The molecular weight excluding hydrogens is 320 g/mol. The van der Waals surface area contributed by atoms with Crippen molar-refractivity contribution in [3.63, 3.8) is 0 Å². The Balaban J connectivity index is 1.94. The van der Waals surface area contributed by atoms with Gasteiger partial charge in [0.15, 0.2) is 5.82 Å². The number of thiophene rings is 1. The van der Waals surface area contributed by atoms with E-state index in [1.54, 1.807) is 0 Å². The molecule has 1 aliphatic carbocycles. The van der Waals surface area contributed by atoms with Gasteiger partial charge in [0.25, 0.3) is 0 Å². The van der Waals surface area contributed by atoms with Crippen molar-refractivity contribution in [3.05, 3.63) is 21.8 Å². The van der Waals surface area contributed by atoms with E-state index in [0.717, 1.165) is 46.3 Å². The standard InChI is InChI=1S/C17H22N6S/c1-9-13(10(2)23-22-9)16-20-15(19-8-7-18)14-11-5-3-4-6-12(11)24-17(14)21-16/h3-8,18H2,1-2H3,(H,22,23)(H,19,20,21). The van der Waals surface area contributed by atoms with Crippen molar-refractivity contribution in [2.45, 2.75) is 39.5 Å². The van der Waals surface area contributed by atoms with Gasteiger partial charge in [0, 0.05) is 23.7 Å². The molecule has 4 rings (SSSR count). The van der Waals surface area contributed by atoms with Crippen LogP contribution in [0.15, 0.2) is 0 Å². The third-order valence-electron chi connectivity index (χ3n) is 4.60. The Morgan fingerprint density at radius 1 is 1.21 bits per heavy atom. The normalized spacial score (nSPS) is 14.1. The molecule has 0 aromatic carbocycles. The highest BCUT2D eigenvalue weighted by atomic mass is 32.1. The third kappa shape index (κ3) is 2.48. The summed E-state index contributed by atoms with van der Waals surface area (Å²) in [4.78, 5) is 12.3. The number of aromatic nitrogens is 4. The zero-order valence-corrected chi connectivity index (χ0v) is 14.9. The van der Waals surface area contributed by atoms with Crippen molar-refractivity contribution >= 4 is 27.4 Å². The molecule has 0 aliphatic heterocycles. The summed E-state index contributed by atoms with van der Waals surface area (Å²) in [6.07, 6.45) is 4.80. The van der Waals surface area contributed by atoms with Crippen LogP contribution in [-0.2, 0) is 12.8 Å². The van der Waals surface area contributed by atoms with E-state index in [-0.39, 0.29) is 0 Å². The molecule has 0 atom stereocenters. The van der Waals surface area contributed by atoms with E-state index in [0.29, 0.717) is 13.1 Å². The third-order valence-corrected chi connectivity index (χ3v) is 5.79. The molecule has 6 nitrogen and oxygen atoms in total. The average Bonchev–Trinajstić information content (AvgIpc) is 3.12. The van der Waals surface area contributed by atoms with Gasteiger partial charge in [-0.1, -0.05) is 0 Å². The summed E-state index contributed by atoms with van der Waals surface area (Å²) in [6, 6.07) is 0. The zero-order chi connectivity index (χ0) is 16.7. The second kappa shape index (κ2) is 6.14. The predicted molar refractivity (Wildman–Crippen MR) is 98.7 cm³/mol. The number of nitrogens with one attached hydrogen (secondary N) is 2. The molecule has 0 saturated carbocycles. The number of rotatable bonds is 4. The zero-order valence-electron chi connectivity index (χ0n) is 14.1. The van der Waals surface area contributed by atoms with Crippen LogP contribution in [0.4, 0.5) is 5.82 Å². The number of H-pyrrole nitrogens is 1. The van der Waals surface area contributed by atoms with Gasteiger partial charge in [-0.25, -0.2) is 9.97 Å². The molecule has 0 unspecified atom stereocenters. The minimum Gasteiger partial charge on any atom is -0.368 e. The number of hydrogen-bond donors (Lipinski definition) is 3. The number of hydrogen-bond acceptors (Lipinski definition) is 6. The highest BCUT2D eigenvalue weighted by Crippen LogP contribution is 2.40. The summed E-state index contributed by atoms with van der Waals surface area (Å²) in [5.74, 6) is 1.66. The molecule has 0 radical (unpaired) electrons. The molecule has 0 bridgehead atoms. The van der Waals surface area contributed by atoms with Crippen molar-refractivity contribution in [1.29, 1.82) is 0 Å². The molecule has 126 valence electrons. The Morgan fingerprint density at radius 3 is 2.79 bits per heavy atom. The number of aromatic amines is 1. The van der Waals surface area contributed by atoms with E-state index < -0.39 is 0 Å². The van der Waals surface area contributed by atoms with Crippen molar-refractivity contribution < 1.29 is 0 Å². The first-order valence-corrected chi connectivity index (χ1v) is 9.29. The molecule has 7 heteroatoms. The van der Waals surface area contributed by atoms with Crippen molar-refractivity contribution in [3.8, 4) is 11.4 Å². The minimum atomic E-state index is 0.580. The lowest BCUT2D eigenvalue weighted by Crippen LogP contribution is -2.15. The highest BCUT2D eigenvalue weighted by molar-refractivity contribution is 7.19. The smallest absolute Gasteiger partial charge is 0.166 e. The van der Waals surface area contributed by atoms with Crippen LogP contribution in [0.25, 0.3) is 21.6 Å². The van der Waals surface area contributed by atoms with Crippen LogP contribution in [0, 0.1) is 13.8 Å². The Hall–Kier alpha value is -1.99. The molecular formula is C17H22N6S. The summed E-state index contributed by atoms with van der Waals surface area (Å²) >= 11 is 1.82. The Labute approximate surface area is 144 Å². The minimum absolute atomic E-state index is 0.580. The molecule has 0 spiro atoms.